The Morgan fingerprint density at radius 2 is 1.71 bits per heavy atom. The number of rotatable bonds is 4. The largest absolute Gasteiger partial charge is 0.388 e. The average Bonchev–Trinajstić information content (AvgIpc) is 2.42. The van der Waals surface area contributed by atoms with Crippen LogP contribution in [0.15, 0.2) is 36.4 Å². The highest BCUT2D eigenvalue weighted by molar-refractivity contribution is 6.42. The van der Waals surface area contributed by atoms with E-state index in [-0.39, 0.29) is 12.5 Å². The van der Waals surface area contributed by atoms with Gasteiger partial charge in [0.2, 0.25) is 0 Å². The fraction of sp³-hybridized carbons (Fsp3) is 0.250. The Balaban J connectivity index is 2.37. The van der Waals surface area contributed by atoms with Gasteiger partial charge in [-0.3, -0.25) is 0 Å². The Labute approximate surface area is 139 Å². The maximum Gasteiger partial charge on any atom is 0.0871 e. The molecule has 0 heterocycles. The molecule has 0 radical (unpaired) electrons. The quantitative estimate of drug-likeness (QED) is 0.842. The lowest BCUT2D eigenvalue weighted by Crippen LogP contribution is -2.20. The minimum Gasteiger partial charge on any atom is -0.388 e. The third-order valence-corrected chi connectivity index (χ3v) is 4.37. The average molecular weight is 345 g/mol. The summed E-state index contributed by atoms with van der Waals surface area (Å²) in [6.07, 6.45) is -0.760. The van der Waals surface area contributed by atoms with Crippen molar-refractivity contribution in [3.63, 3.8) is 0 Å². The van der Waals surface area contributed by atoms with Gasteiger partial charge in [0.1, 0.15) is 0 Å². The lowest BCUT2D eigenvalue weighted by molar-refractivity contribution is 0.147. The number of hydrogen-bond acceptors (Lipinski definition) is 2. The van der Waals surface area contributed by atoms with Gasteiger partial charge in [-0.15, -0.1) is 0 Å². The molecule has 0 saturated carbocycles. The van der Waals surface area contributed by atoms with Crippen LogP contribution in [-0.2, 0) is 0 Å². The first-order valence-electron chi connectivity index (χ1n) is 6.52. The van der Waals surface area contributed by atoms with E-state index in [1.165, 1.54) is 0 Å². The van der Waals surface area contributed by atoms with Crippen LogP contribution in [0.2, 0.25) is 15.1 Å². The third kappa shape index (κ3) is 3.91. The molecule has 2 aromatic carbocycles. The monoisotopic (exact) mass is 343 g/mol. The van der Waals surface area contributed by atoms with Crippen LogP contribution in [0.4, 0.5) is 0 Å². The SMILES string of the molecule is Cc1cc(Cl)cc(C(O)C(CN)c2ccc(Cl)c(Cl)c2)c1. The highest BCUT2D eigenvalue weighted by atomic mass is 35.5. The molecule has 2 aromatic rings. The topological polar surface area (TPSA) is 46.2 Å². The maximum atomic E-state index is 10.6. The van der Waals surface area contributed by atoms with Crippen LogP contribution >= 0.6 is 34.8 Å². The molecule has 0 saturated heterocycles. The summed E-state index contributed by atoms with van der Waals surface area (Å²) in [5.74, 6) is -0.280. The number of nitrogens with two attached hydrogens (primary N) is 1. The van der Waals surface area contributed by atoms with E-state index in [0.29, 0.717) is 15.1 Å². The first-order valence-corrected chi connectivity index (χ1v) is 7.66. The maximum absolute atomic E-state index is 10.6. The first-order chi connectivity index (χ1) is 9.92. The Hall–Kier alpha value is -0.770. The van der Waals surface area contributed by atoms with Crippen molar-refractivity contribution >= 4 is 34.8 Å². The minimum absolute atomic E-state index is 0.280. The molecular weight excluding hydrogens is 329 g/mol. The zero-order valence-corrected chi connectivity index (χ0v) is 13.8. The molecule has 2 rings (SSSR count). The lowest BCUT2D eigenvalue weighted by atomic mass is 9.89. The summed E-state index contributed by atoms with van der Waals surface area (Å²) in [5.41, 5.74) is 8.41. The van der Waals surface area contributed by atoms with Gasteiger partial charge >= 0.3 is 0 Å². The fourth-order valence-electron chi connectivity index (χ4n) is 2.36. The van der Waals surface area contributed by atoms with Crippen LogP contribution in [0.5, 0.6) is 0 Å². The summed E-state index contributed by atoms with van der Waals surface area (Å²) >= 11 is 18.0. The summed E-state index contributed by atoms with van der Waals surface area (Å²) in [6, 6.07) is 10.8. The van der Waals surface area contributed by atoms with Gasteiger partial charge in [-0.25, -0.2) is 0 Å². The van der Waals surface area contributed by atoms with Gasteiger partial charge in [0.25, 0.3) is 0 Å². The molecule has 0 amide bonds. The van der Waals surface area contributed by atoms with Crippen molar-refractivity contribution in [1.29, 1.82) is 0 Å². The van der Waals surface area contributed by atoms with Gasteiger partial charge in [-0.1, -0.05) is 46.9 Å². The van der Waals surface area contributed by atoms with E-state index in [0.717, 1.165) is 16.7 Å². The van der Waals surface area contributed by atoms with Crippen molar-refractivity contribution < 1.29 is 5.11 Å². The van der Waals surface area contributed by atoms with Crippen molar-refractivity contribution in [3.8, 4) is 0 Å². The van der Waals surface area contributed by atoms with Gasteiger partial charge in [0.15, 0.2) is 0 Å². The molecule has 2 atom stereocenters. The summed E-state index contributed by atoms with van der Waals surface area (Å²) in [6.45, 7) is 2.21. The molecule has 21 heavy (non-hydrogen) atoms. The zero-order valence-electron chi connectivity index (χ0n) is 11.5. The normalized spacial score (nSPS) is 14.0. The number of aryl methyl sites for hydroxylation is 1. The Bertz CT molecular complexity index is 625. The van der Waals surface area contributed by atoms with Crippen molar-refractivity contribution in [2.24, 2.45) is 5.73 Å². The molecule has 0 aromatic heterocycles. The number of benzene rings is 2. The van der Waals surface area contributed by atoms with Gasteiger partial charge in [-0.2, -0.15) is 0 Å². The van der Waals surface area contributed by atoms with Crippen molar-refractivity contribution in [1.82, 2.24) is 0 Å². The molecule has 2 nitrogen and oxygen atoms in total. The van der Waals surface area contributed by atoms with Crippen molar-refractivity contribution in [2.75, 3.05) is 6.54 Å². The van der Waals surface area contributed by atoms with E-state index >= 15 is 0 Å². The number of halogens is 3. The van der Waals surface area contributed by atoms with E-state index in [2.05, 4.69) is 0 Å². The van der Waals surface area contributed by atoms with E-state index < -0.39 is 6.10 Å². The Kier molecular flexibility index (Phi) is 5.53. The predicted octanol–water partition coefficient (Wildman–Crippen LogP) is 4.73. The number of hydrogen-bond donors (Lipinski definition) is 2. The van der Waals surface area contributed by atoms with E-state index in [1.54, 1.807) is 18.2 Å². The Morgan fingerprint density at radius 1 is 1.00 bits per heavy atom. The van der Waals surface area contributed by atoms with Crippen molar-refractivity contribution in [3.05, 3.63) is 68.2 Å². The predicted molar refractivity (Wildman–Crippen MR) is 89.4 cm³/mol. The van der Waals surface area contributed by atoms with Crippen LogP contribution < -0.4 is 5.73 Å². The fourth-order valence-corrected chi connectivity index (χ4v) is 2.96. The first kappa shape index (κ1) is 16.6. The molecule has 112 valence electrons. The van der Waals surface area contributed by atoms with Gasteiger partial charge in [-0.05, 0) is 47.9 Å². The second kappa shape index (κ2) is 6.99. The molecule has 0 aliphatic heterocycles. The highest BCUT2D eigenvalue weighted by Gasteiger charge is 2.22. The summed E-state index contributed by atoms with van der Waals surface area (Å²) in [4.78, 5) is 0. The van der Waals surface area contributed by atoms with E-state index in [1.807, 2.05) is 25.1 Å². The van der Waals surface area contributed by atoms with Crippen LogP contribution in [0, 0.1) is 6.92 Å². The van der Waals surface area contributed by atoms with Gasteiger partial charge < -0.3 is 10.8 Å². The highest BCUT2D eigenvalue weighted by Crippen LogP contribution is 2.34. The van der Waals surface area contributed by atoms with Crippen LogP contribution in [-0.4, -0.2) is 11.7 Å². The molecule has 0 fully saturated rings. The van der Waals surface area contributed by atoms with Crippen LogP contribution in [0.1, 0.15) is 28.7 Å². The molecule has 3 N–H and O–H groups in total. The second-order valence-electron chi connectivity index (χ2n) is 5.02. The molecular formula is C16H16Cl3NO. The molecule has 5 heteroatoms. The second-order valence-corrected chi connectivity index (χ2v) is 6.27. The molecule has 0 spiro atoms. The molecule has 2 unspecified atom stereocenters. The van der Waals surface area contributed by atoms with Crippen molar-refractivity contribution in [2.45, 2.75) is 18.9 Å². The number of aliphatic hydroxyl groups excluding tert-OH is 1. The molecule has 0 bridgehead atoms. The summed E-state index contributed by atoms with van der Waals surface area (Å²) in [5, 5.41) is 12.1. The van der Waals surface area contributed by atoms with E-state index in [4.69, 9.17) is 40.5 Å². The Morgan fingerprint density at radius 3 is 2.29 bits per heavy atom. The standard InChI is InChI=1S/C16H16Cl3NO/c1-9-4-11(6-12(17)5-9)16(21)13(8-20)10-2-3-14(18)15(19)7-10/h2-7,13,16,21H,8,20H2,1H3. The zero-order chi connectivity index (χ0) is 15.6. The smallest absolute Gasteiger partial charge is 0.0871 e. The number of aliphatic hydroxyl groups is 1. The van der Waals surface area contributed by atoms with E-state index in [9.17, 15) is 5.11 Å². The summed E-state index contributed by atoms with van der Waals surface area (Å²) < 4.78 is 0. The van der Waals surface area contributed by atoms with Gasteiger partial charge in [0, 0.05) is 17.5 Å². The molecule has 0 aliphatic carbocycles. The van der Waals surface area contributed by atoms with Crippen LogP contribution in [0.25, 0.3) is 0 Å². The minimum atomic E-state index is -0.760. The van der Waals surface area contributed by atoms with Crippen LogP contribution in [0.3, 0.4) is 0 Å². The summed E-state index contributed by atoms with van der Waals surface area (Å²) in [7, 11) is 0. The van der Waals surface area contributed by atoms with Gasteiger partial charge in [0.05, 0.1) is 16.1 Å². The lowest BCUT2D eigenvalue weighted by Gasteiger charge is -2.23. The third-order valence-electron chi connectivity index (χ3n) is 3.41. The molecule has 0 aliphatic rings.